The quantitative estimate of drug-likeness (QED) is 0.742. The normalized spacial score (nSPS) is 10.2. The average molecular weight is 349 g/mol. The van der Waals surface area contributed by atoms with Crippen LogP contribution in [0.4, 0.5) is 10.2 Å². The van der Waals surface area contributed by atoms with Gasteiger partial charge in [-0.05, 0) is 29.8 Å². The lowest BCUT2D eigenvalue weighted by molar-refractivity contribution is 0.0949. The third-order valence-electron chi connectivity index (χ3n) is 3.68. The topological polar surface area (TPSA) is 71.1 Å². The van der Waals surface area contributed by atoms with Crippen molar-refractivity contribution in [3.8, 4) is 0 Å². The number of rotatable bonds is 5. The van der Waals surface area contributed by atoms with Crippen LogP contribution in [-0.2, 0) is 6.54 Å². The molecule has 1 heterocycles. The molecule has 0 aliphatic heterocycles. The van der Waals surface area contributed by atoms with Gasteiger partial charge in [0.05, 0.1) is 5.56 Å². The second-order valence-electron chi connectivity index (χ2n) is 5.53. The van der Waals surface area contributed by atoms with E-state index >= 15 is 0 Å². The number of carbonyl (C=O) groups is 2. The van der Waals surface area contributed by atoms with E-state index in [2.05, 4.69) is 15.6 Å². The number of anilines is 1. The van der Waals surface area contributed by atoms with Gasteiger partial charge in [0.2, 0.25) is 0 Å². The number of halogens is 1. The first kappa shape index (κ1) is 17.3. The molecule has 0 saturated carbocycles. The van der Waals surface area contributed by atoms with Crippen LogP contribution in [0.2, 0.25) is 0 Å². The van der Waals surface area contributed by atoms with Crippen molar-refractivity contribution in [1.82, 2.24) is 10.3 Å². The van der Waals surface area contributed by atoms with Crippen LogP contribution in [-0.4, -0.2) is 16.8 Å². The Morgan fingerprint density at radius 1 is 0.923 bits per heavy atom. The number of nitrogens with zero attached hydrogens (tertiary/aromatic N) is 1. The second-order valence-corrected chi connectivity index (χ2v) is 5.53. The highest BCUT2D eigenvalue weighted by Crippen LogP contribution is 2.12. The van der Waals surface area contributed by atoms with Crippen LogP contribution < -0.4 is 10.6 Å². The van der Waals surface area contributed by atoms with Gasteiger partial charge < -0.3 is 10.6 Å². The SMILES string of the molecule is O=C(NCc1ccccc1)c1ccnc(NC(=O)c2ccccc2F)c1. The van der Waals surface area contributed by atoms with Gasteiger partial charge in [-0.2, -0.15) is 0 Å². The van der Waals surface area contributed by atoms with Crippen molar-refractivity contribution in [3.05, 3.63) is 95.4 Å². The molecule has 0 saturated heterocycles. The van der Waals surface area contributed by atoms with Crippen molar-refractivity contribution in [1.29, 1.82) is 0 Å². The van der Waals surface area contributed by atoms with Crippen LogP contribution in [0.25, 0.3) is 0 Å². The number of amides is 2. The fourth-order valence-corrected chi connectivity index (χ4v) is 2.35. The molecule has 0 atom stereocenters. The Morgan fingerprint density at radius 2 is 1.65 bits per heavy atom. The molecule has 0 spiro atoms. The Morgan fingerprint density at radius 3 is 2.42 bits per heavy atom. The van der Waals surface area contributed by atoms with Gasteiger partial charge in [0.15, 0.2) is 0 Å². The van der Waals surface area contributed by atoms with Gasteiger partial charge in [0, 0.05) is 18.3 Å². The highest BCUT2D eigenvalue weighted by molar-refractivity contribution is 6.04. The third-order valence-corrected chi connectivity index (χ3v) is 3.68. The van der Waals surface area contributed by atoms with Crippen LogP contribution in [0.15, 0.2) is 72.9 Å². The molecule has 0 aliphatic carbocycles. The predicted molar refractivity (Wildman–Crippen MR) is 96.2 cm³/mol. The minimum absolute atomic E-state index is 0.0896. The van der Waals surface area contributed by atoms with Crippen LogP contribution >= 0.6 is 0 Å². The monoisotopic (exact) mass is 349 g/mol. The van der Waals surface area contributed by atoms with E-state index in [-0.39, 0.29) is 17.3 Å². The summed E-state index contributed by atoms with van der Waals surface area (Å²) in [5.74, 6) is -1.37. The van der Waals surface area contributed by atoms with E-state index in [1.54, 1.807) is 12.1 Å². The Labute approximate surface area is 149 Å². The van der Waals surface area contributed by atoms with Crippen molar-refractivity contribution in [2.24, 2.45) is 0 Å². The molecule has 6 heteroatoms. The summed E-state index contributed by atoms with van der Waals surface area (Å²) >= 11 is 0. The molecule has 2 N–H and O–H groups in total. The van der Waals surface area contributed by atoms with E-state index in [1.807, 2.05) is 30.3 Å². The van der Waals surface area contributed by atoms with E-state index in [9.17, 15) is 14.0 Å². The number of benzene rings is 2. The van der Waals surface area contributed by atoms with Crippen LogP contribution in [0, 0.1) is 5.82 Å². The molecule has 3 rings (SSSR count). The fourth-order valence-electron chi connectivity index (χ4n) is 2.35. The summed E-state index contributed by atoms with van der Waals surface area (Å²) in [4.78, 5) is 28.4. The lowest BCUT2D eigenvalue weighted by Crippen LogP contribution is -2.23. The summed E-state index contributed by atoms with van der Waals surface area (Å²) in [6.45, 7) is 0.388. The van der Waals surface area contributed by atoms with E-state index < -0.39 is 11.7 Å². The number of pyridine rings is 1. The van der Waals surface area contributed by atoms with E-state index in [0.29, 0.717) is 12.1 Å². The molecular formula is C20H16FN3O2. The summed E-state index contributed by atoms with van der Waals surface area (Å²) in [6.07, 6.45) is 1.41. The Hall–Kier alpha value is -3.54. The molecule has 0 radical (unpaired) electrons. The number of nitrogens with one attached hydrogen (secondary N) is 2. The van der Waals surface area contributed by atoms with Crippen LogP contribution in [0.5, 0.6) is 0 Å². The minimum atomic E-state index is -0.627. The summed E-state index contributed by atoms with van der Waals surface area (Å²) in [7, 11) is 0. The first-order chi connectivity index (χ1) is 12.6. The number of aromatic nitrogens is 1. The molecule has 5 nitrogen and oxygen atoms in total. The molecule has 0 bridgehead atoms. The summed E-state index contributed by atoms with van der Waals surface area (Å²) in [6, 6.07) is 18.1. The Bertz CT molecular complexity index is 929. The molecule has 2 amide bonds. The maximum atomic E-state index is 13.7. The summed E-state index contributed by atoms with van der Waals surface area (Å²) in [5.41, 5.74) is 1.23. The molecule has 3 aromatic rings. The summed E-state index contributed by atoms with van der Waals surface area (Å²) in [5, 5.41) is 5.30. The predicted octanol–water partition coefficient (Wildman–Crippen LogP) is 3.40. The molecule has 0 fully saturated rings. The smallest absolute Gasteiger partial charge is 0.259 e. The highest BCUT2D eigenvalue weighted by atomic mass is 19.1. The average Bonchev–Trinajstić information content (AvgIpc) is 2.67. The standard InChI is InChI=1S/C20H16FN3O2/c21-17-9-5-4-8-16(17)20(26)24-18-12-15(10-11-22-18)19(25)23-13-14-6-2-1-3-7-14/h1-12H,13H2,(H,23,25)(H,22,24,26). The molecule has 2 aromatic carbocycles. The molecule has 26 heavy (non-hydrogen) atoms. The van der Waals surface area contributed by atoms with Gasteiger partial charge >= 0.3 is 0 Å². The van der Waals surface area contributed by atoms with E-state index in [0.717, 1.165) is 5.56 Å². The van der Waals surface area contributed by atoms with Crippen molar-refractivity contribution >= 4 is 17.6 Å². The Balaban J connectivity index is 1.67. The molecule has 0 unspecified atom stereocenters. The first-order valence-electron chi connectivity index (χ1n) is 7.97. The lowest BCUT2D eigenvalue weighted by atomic mass is 10.2. The Kier molecular flexibility index (Phi) is 5.34. The molecule has 1 aromatic heterocycles. The zero-order valence-electron chi connectivity index (χ0n) is 13.8. The number of hydrogen-bond donors (Lipinski definition) is 2. The van der Waals surface area contributed by atoms with E-state index in [4.69, 9.17) is 0 Å². The number of hydrogen-bond acceptors (Lipinski definition) is 3. The van der Waals surface area contributed by atoms with Crippen LogP contribution in [0.3, 0.4) is 0 Å². The van der Waals surface area contributed by atoms with Crippen molar-refractivity contribution < 1.29 is 14.0 Å². The van der Waals surface area contributed by atoms with Gasteiger partial charge in [-0.25, -0.2) is 9.37 Å². The van der Waals surface area contributed by atoms with Crippen molar-refractivity contribution in [3.63, 3.8) is 0 Å². The molecular weight excluding hydrogens is 333 g/mol. The van der Waals surface area contributed by atoms with Crippen molar-refractivity contribution in [2.45, 2.75) is 6.54 Å². The van der Waals surface area contributed by atoms with Gasteiger partial charge in [-0.15, -0.1) is 0 Å². The fraction of sp³-hybridized carbons (Fsp3) is 0.0500. The van der Waals surface area contributed by atoms with Gasteiger partial charge in [0.25, 0.3) is 11.8 Å². The largest absolute Gasteiger partial charge is 0.348 e. The minimum Gasteiger partial charge on any atom is -0.348 e. The van der Waals surface area contributed by atoms with Gasteiger partial charge in [-0.3, -0.25) is 9.59 Å². The maximum absolute atomic E-state index is 13.7. The highest BCUT2D eigenvalue weighted by Gasteiger charge is 2.13. The summed E-state index contributed by atoms with van der Waals surface area (Å²) < 4.78 is 13.7. The second kappa shape index (κ2) is 8.02. The lowest BCUT2D eigenvalue weighted by Gasteiger charge is -2.08. The zero-order chi connectivity index (χ0) is 18.4. The zero-order valence-corrected chi connectivity index (χ0v) is 13.8. The first-order valence-corrected chi connectivity index (χ1v) is 7.97. The molecule has 130 valence electrons. The maximum Gasteiger partial charge on any atom is 0.259 e. The van der Waals surface area contributed by atoms with Gasteiger partial charge in [-0.1, -0.05) is 42.5 Å². The molecule has 0 aliphatic rings. The van der Waals surface area contributed by atoms with Gasteiger partial charge in [0.1, 0.15) is 11.6 Å². The van der Waals surface area contributed by atoms with Crippen LogP contribution in [0.1, 0.15) is 26.3 Å². The third kappa shape index (κ3) is 4.30. The van der Waals surface area contributed by atoms with E-state index in [1.165, 1.54) is 30.5 Å². The number of carbonyl (C=O) groups excluding carboxylic acids is 2. The van der Waals surface area contributed by atoms with Crippen molar-refractivity contribution in [2.75, 3.05) is 5.32 Å².